The number of carboxylic acid groups (broad SMARTS) is 1. The molecule has 0 saturated heterocycles. The smallest absolute Gasteiger partial charge is 0.478 e. The van der Waals surface area contributed by atoms with Crippen molar-refractivity contribution in [2.45, 2.75) is 12.7 Å². The van der Waals surface area contributed by atoms with E-state index in [2.05, 4.69) is 14.5 Å². The Balaban J connectivity index is 1.96. The Morgan fingerprint density at radius 2 is 1.06 bits per heavy atom. The summed E-state index contributed by atoms with van der Waals surface area (Å²) < 4.78 is 81.3. The average molecular weight is 443 g/mol. The fourth-order valence-electron chi connectivity index (χ4n) is 2.60. The molecule has 162 valence electrons. The summed E-state index contributed by atoms with van der Waals surface area (Å²) >= 11 is 0. The van der Waals surface area contributed by atoms with E-state index in [0.717, 1.165) is 24.3 Å². The molecule has 0 aliphatic rings. The maximum absolute atomic E-state index is 12.3. The molecule has 2 aromatic carbocycles. The van der Waals surface area contributed by atoms with Gasteiger partial charge in [-0.2, -0.15) is 0 Å². The van der Waals surface area contributed by atoms with Crippen LogP contribution in [0.15, 0.2) is 60.7 Å². The van der Waals surface area contributed by atoms with Crippen molar-refractivity contribution in [3.05, 3.63) is 66.2 Å². The molecule has 0 bridgehead atoms. The monoisotopic (exact) mass is 443 g/mol. The molecule has 1 aromatic heterocycles. The zero-order valence-corrected chi connectivity index (χ0v) is 15.2. The number of carboxylic acids is 1. The summed E-state index contributed by atoms with van der Waals surface area (Å²) in [6.07, 6.45) is -9.73. The first-order chi connectivity index (χ1) is 14.4. The number of hydrogen-bond donors (Lipinski definition) is 1. The van der Waals surface area contributed by atoms with Gasteiger partial charge < -0.3 is 14.6 Å². The third-order valence-corrected chi connectivity index (χ3v) is 3.84. The van der Waals surface area contributed by atoms with Crippen LogP contribution in [0, 0.1) is 0 Å². The van der Waals surface area contributed by atoms with Gasteiger partial charge in [0, 0.05) is 11.1 Å². The zero-order chi connectivity index (χ0) is 22.8. The number of carbonyl (C=O) groups is 1. The minimum atomic E-state index is -4.86. The van der Waals surface area contributed by atoms with E-state index in [-0.39, 0.29) is 17.0 Å². The molecule has 0 aliphatic carbocycles. The summed E-state index contributed by atoms with van der Waals surface area (Å²) in [5.74, 6) is -2.23. The quantitative estimate of drug-likeness (QED) is 0.497. The predicted molar refractivity (Wildman–Crippen MR) is 95.4 cm³/mol. The molecule has 0 aliphatic heterocycles. The van der Waals surface area contributed by atoms with Crippen LogP contribution in [0.2, 0.25) is 0 Å². The van der Waals surface area contributed by atoms with E-state index in [1.165, 1.54) is 36.4 Å². The Morgan fingerprint density at radius 3 is 1.35 bits per heavy atom. The van der Waals surface area contributed by atoms with Crippen LogP contribution in [0.3, 0.4) is 0 Å². The molecule has 0 spiro atoms. The first kappa shape index (κ1) is 21.9. The molecule has 31 heavy (non-hydrogen) atoms. The summed E-state index contributed by atoms with van der Waals surface area (Å²) in [4.78, 5) is 15.7. The van der Waals surface area contributed by atoms with Crippen molar-refractivity contribution >= 4 is 5.97 Å². The van der Waals surface area contributed by atoms with Gasteiger partial charge >= 0.3 is 18.7 Å². The number of aromatic carboxylic acids is 1. The first-order valence-corrected chi connectivity index (χ1v) is 8.37. The summed E-state index contributed by atoms with van der Waals surface area (Å²) in [5.41, 5.74) is 0.686. The lowest BCUT2D eigenvalue weighted by molar-refractivity contribution is -0.275. The first-order valence-electron chi connectivity index (χ1n) is 8.37. The molecule has 0 unspecified atom stereocenters. The van der Waals surface area contributed by atoms with Crippen molar-refractivity contribution in [2.24, 2.45) is 0 Å². The van der Waals surface area contributed by atoms with Crippen LogP contribution in [-0.2, 0) is 0 Å². The molecule has 3 rings (SSSR count). The normalized spacial score (nSPS) is 11.8. The number of aromatic nitrogens is 1. The standard InChI is InChI=1S/C20H11F6NO4/c21-19(22,23)30-14-5-1-11(2-6-14)16-9-13(18(28)29)10-17(27-16)12-3-7-15(8-4-12)31-20(24,25)26/h1-10H,(H,28,29). The third-order valence-electron chi connectivity index (χ3n) is 3.84. The van der Waals surface area contributed by atoms with Gasteiger partial charge in [-0.3, -0.25) is 0 Å². The van der Waals surface area contributed by atoms with Crippen molar-refractivity contribution in [1.82, 2.24) is 4.98 Å². The Bertz CT molecular complexity index is 999. The molecular formula is C20H11F6NO4. The van der Waals surface area contributed by atoms with Gasteiger partial charge in [-0.25, -0.2) is 9.78 Å². The van der Waals surface area contributed by atoms with E-state index < -0.39 is 30.2 Å². The highest BCUT2D eigenvalue weighted by atomic mass is 19.4. The highest BCUT2D eigenvalue weighted by Crippen LogP contribution is 2.30. The molecule has 5 nitrogen and oxygen atoms in total. The van der Waals surface area contributed by atoms with Gasteiger partial charge in [0.25, 0.3) is 0 Å². The fourth-order valence-corrected chi connectivity index (χ4v) is 2.60. The number of ether oxygens (including phenoxy) is 2. The number of alkyl halides is 6. The van der Waals surface area contributed by atoms with Crippen molar-refractivity contribution in [1.29, 1.82) is 0 Å². The average Bonchev–Trinajstić information content (AvgIpc) is 2.66. The number of halogens is 6. The second kappa shape index (κ2) is 8.17. The van der Waals surface area contributed by atoms with Crippen LogP contribution >= 0.6 is 0 Å². The van der Waals surface area contributed by atoms with Gasteiger partial charge in [0.05, 0.1) is 17.0 Å². The van der Waals surface area contributed by atoms with Crippen LogP contribution in [0.5, 0.6) is 11.5 Å². The van der Waals surface area contributed by atoms with Crippen LogP contribution in [0.25, 0.3) is 22.5 Å². The van der Waals surface area contributed by atoms with Crippen molar-refractivity contribution in [3.8, 4) is 34.0 Å². The SMILES string of the molecule is O=C(O)c1cc(-c2ccc(OC(F)(F)F)cc2)nc(-c2ccc(OC(F)(F)F)cc2)c1. The van der Waals surface area contributed by atoms with E-state index in [9.17, 15) is 36.2 Å². The maximum Gasteiger partial charge on any atom is 0.573 e. The predicted octanol–water partition coefficient (Wildman–Crippen LogP) is 5.91. The summed E-state index contributed by atoms with van der Waals surface area (Å²) in [6, 6.07) is 11.7. The van der Waals surface area contributed by atoms with E-state index in [1.54, 1.807) is 0 Å². The highest BCUT2D eigenvalue weighted by molar-refractivity contribution is 5.90. The fraction of sp³-hybridized carbons (Fsp3) is 0.100. The van der Waals surface area contributed by atoms with Crippen LogP contribution in [0.1, 0.15) is 10.4 Å². The number of rotatable bonds is 5. The Labute approximate surface area is 170 Å². The van der Waals surface area contributed by atoms with Crippen LogP contribution in [0.4, 0.5) is 26.3 Å². The molecule has 1 heterocycles. The number of pyridine rings is 1. The number of nitrogens with zero attached hydrogens (tertiary/aromatic N) is 1. The van der Waals surface area contributed by atoms with Gasteiger partial charge in [-0.15, -0.1) is 26.3 Å². The van der Waals surface area contributed by atoms with E-state index in [1.807, 2.05) is 0 Å². The minimum Gasteiger partial charge on any atom is -0.478 e. The van der Waals surface area contributed by atoms with Crippen molar-refractivity contribution in [2.75, 3.05) is 0 Å². The molecule has 0 radical (unpaired) electrons. The summed E-state index contributed by atoms with van der Waals surface area (Å²) in [6.45, 7) is 0. The Kier molecular flexibility index (Phi) is 5.78. The van der Waals surface area contributed by atoms with Crippen molar-refractivity contribution < 1.29 is 45.7 Å². The van der Waals surface area contributed by atoms with E-state index in [0.29, 0.717) is 11.1 Å². The molecule has 0 amide bonds. The molecular weight excluding hydrogens is 432 g/mol. The van der Waals surface area contributed by atoms with Gasteiger partial charge in [0.1, 0.15) is 11.5 Å². The van der Waals surface area contributed by atoms with Crippen LogP contribution < -0.4 is 9.47 Å². The molecule has 0 saturated carbocycles. The van der Waals surface area contributed by atoms with E-state index in [4.69, 9.17) is 0 Å². The second-order valence-electron chi connectivity index (χ2n) is 6.08. The van der Waals surface area contributed by atoms with Gasteiger partial charge in [-0.05, 0) is 60.7 Å². The van der Waals surface area contributed by atoms with E-state index >= 15 is 0 Å². The molecule has 3 aromatic rings. The Hall–Kier alpha value is -3.76. The zero-order valence-electron chi connectivity index (χ0n) is 15.2. The van der Waals surface area contributed by atoms with Gasteiger partial charge in [0.2, 0.25) is 0 Å². The topological polar surface area (TPSA) is 68.7 Å². The second-order valence-corrected chi connectivity index (χ2v) is 6.08. The molecule has 11 heteroatoms. The molecule has 0 atom stereocenters. The summed E-state index contributed by atoms with van der Waals surface area (Å²) in [7, 11) is 0. The molecule has 0 fully saturated rings. The third kappa shape index (κ3) is 6.11. The van der Waals surface area contributed by atoms with Gasteiger partial charge in [0.15, 0.2) is 0 Å². The largest absolute Gasteiger partial charge is 0.573 e. The lowest BCUT2D eigenvalue weighted by Crippen LogP contribution is -2.16. The van der Waals surface area contributed by atoms with Crippen molar-refractivity contribution in [3.63, 3.8) is 0 Å². The number of benzene rings is 2. The lowest BCUT2D eigenvalue weighted by Gasteiger charge is -2.11. The highest BCUT2D eigenvalue weighted by Gasteiger charge is 2.31. The summed E-state index contributed by atoms with van der Waals surface area (Å²) in [5, 5.41) is 9.35. The lowest BCUT2D eigenvalue weighted by atomic mass is 10.0. The number of hydrogen-bond acceptors (Lipinski definition) is 4. The minimum absolute atomic E-state index is 0.129. The van der Waals surface area contributed by atoms with Gasteiger partial charge in [-0.1, -0.05) is 0 Å². The molecule has 1 N–H and O–H groups in total. The maximum atomic E-state index is 12.3. The van der Waals surface area contributed by atoms with Crippen LogP contribution in [-0.4, -0.2) is 28.8 Å². The Morgan fingerprint density at radius 1 is 0.710 bits per heavy atom.